The third kappa shape index (κ3) is 5.57. The van der Waals surface area contributed by atoms with Crippen LogP contribution < -0.4 is 5.32 Å². The molecule has 0 saturated carbocycles. The van der Waals surface area contributed by atoms with Gasteiger partial charge in [-0.05, 0) is 53.3 Å². The van der Waals surface area contributed by atoms with Crippen molar-refractivity contribution in [2.24, 2.45) is 0 Å². The molecular formula is C18H16IN3O2S. The van der Waals surface area contributed by atoms with Gasteiger partial charge in [-0.3, -0.25) is 4.79 Å². The minimum Gasteiger partial charge on any atom is -0.416 e. The number of aromatic nitrogens is 2. The maximum atomic E-state index is 12.0. The van der Waals surface area contributed by atoms with Gasteiger partial charge in [0.25, 0.3) is 5.22 Å². The minimum absolute atomic E-state index is 0.106. The molecule has 3 rings (SSSR count). The van der Waals surface area contributed by atoms with Crippen molar-refractivity contribution in [1.29, 1.82) is 0 Å². The van der Waals surface area contributed by atoms with Crippen molar-refractivity contribution in [3.05, 3.63) is 69.1 Å². The lowest BCUT2D eigenvalue weighted by Gasteiger charge is -2.04. The van der Waals surface area contributed by atoms with Crippen LogP contribution in [0.2, 0.25) is 0 Å². The second-order valence-electron chi connectivity index (χ2n) is 5.47. The number of nitrogens with zero attached hydrogens (tertiary/aromatic N) is 2. The first kappa shape index (κ1) is 17.9. The highest BCUT2D eigenvalue weighted by molar-refractivity contribution is 14.1. The fourth-order valence-electron chi connectivity index (χ4n) is 2.14. The van der Waals surface area contributed by atoms with Crippen molar-refractivity contribution in [1.82, 2.24) is 10.2 Å². The Morgan fingerprint density at radius 2 is 2.00 bits per heavy atom. The Hall–Kier alpha value is -1.87. The van der Waals surface area contributed by atoms with Crippen molar-refractivity contribution >= 4 is 45.9 Å². The van der Waals surface area contributed by atoms with Gasteiger partial charge in [0.2, 0.25) is 11.8 Å². The normalized spacial score (nSPS) is 10.6. The molecule has 1 heterocycles. The summed E-state index contributed by atoms with van der Waals surface area (Å²) in [4.78, 5) is 12.0. The van der Waals surface area contributed by atoms with E-state index >= 15 is 0 Å². The number of hydrogen-bond donors (Lipinski definition) is 1. The second-order valence-corrected chi connectivity index (χ2v) is 7.64. The molecule has 0 spiro atoms. The molecule has 5 nitrogen and oxygen atoms in total. The maximum Gasteiger partial charge on any atom is 0.277 e. The summed E-state index contributed by atoms with van der Waals surface area (Å²) in [6.45, 7) is 2.05. The summed E-state index contributed by atoms with van der Waals surface area (Å²) in [6.07, 6.45) is 0.586. The van der Waals surface area contributed by atoms with Gasteiger partial charge in [-0.2, -0.15) is 0 Å². The zero-order chi connectivity index (χ0) is 17.6. The van der Waals surface area contributed by atoms with Crippen LogP contribution in [0.25, 0.3) is 0 Å². The molecule has 2 aromatic carbocycles. The van der Waals surface area contributed by atoms with Crippen molar-refractivity contribution in [2.75, 3.05) is 11.1 Å². The molecule has 0 radical (unpaired) electrons. The molecule has 0 fully saturated rings. The largest absolute Gasteiger partial charge is 0.416 e. The number of thioether (sulfide) groups is 1. The van der Waals surface area contributed by atoms with Crippen LogP contribution in [0, 0.1) is 10.5 Å². The first-order chi connectivity index (χ1) is 12.1. The average Bonchev–Trinajstić information content (AvgIpc) is 3.03. The summed E-state index contributed by atoms with van der Waals surface area (Å²) in [7, 11) is 0. The topological polar surface area (TPSA) is 68.0 Å². The van der Waals surface area contributed by atoms with E-state index in [0.717, 1.165) is 14.8 Å². The fourth-order valence-corrected chi connectivity index (χ4v) is 3.26. The number of nitrogens with one attached hydrogen (secondary N) is 1. The summed E-state index contributed by atoms with van der Waals surface area (Å²) < 4.78 is 6.67. The molecule has 3 aromatic rings. The van der Waals surface area contributed by atoms with E-state index in [1.54, 1.807) is 0 Å². The molecule has 0 saturated heterocycles. The van der Waals surface area contributed by atoms with Gasteiger partial charge in [-0.25, -0.2) is 0 Å². The zero-order valence-electron chi connectivity index (χ0n) is 13.5. The summed E-state index contributed by atoms with van der Waals surface area (Å²) in [5, 5.41) is 11.3. The van der Waals surface area contributed by atoms with Gasteiger partial charge in [0, 0.05) is 9.26 Å². The monoisotopic (exact) mass is 465 g/mol. The van der Waals surface area contributed by atoms with Gasteiger partial charge in [0.15, 0.2) is 0 Å². The smallest absolute Gasteiger partial charge is 0.277 e. The molecule has 0 unspecified atom stereocenters. The van der Waals surface area contributed by atoms with Crippen LogP contribution >= 0.6 is 34.4 Å². The predicted molar refractivity (Wildman–Crippen MR) is 107 cm³/mol. The Bertz CT molecular complexity index is 865. The SMILES string of the molecule is Cc1ccc(Cc2nnc(SCC(=O)Nc3cccc(I)c3)o2)cc1. The van der Waals surface area contributed by atoms with Crippen LogP contribution in [-0.2, 0) is 11.2 Å². The lowest BCUT2D eigenvalue weighted by Crippen LogP contribution is -2.14. The van der Waals surface area contributed by atoms with E-state index in [2.05, 4.69) is 50.2 Å². The summed E-state index contributed by atoms with van der Waals surface area (Å²) in [6, 6.07) is 15.8. The van der Waals surface area contributed by atoms with Gasteiger partial charge >= 0.3 is 0 Å². The van der Waals surface area contributed by atoms with Crippen LogP contribution in [0.1, 0.15) is 17.0 Å². The maximum absolute atomic E-state index is 12.0. The van der Waals surface area contributed by atoms with Gasteiger partial charge in [0.1, 0.15) is 0 Å². The third-order valence-electron chi connectivity index (χ3n) is 3.36. The Morgan fingerprint density at radius 1 is 1.20 bits per heavy atom. The Labute approximate surface area is 163 Å². The van der Waals surface area contributed by atoms with Crippen LogP contribution in [0.15, 0.2) is 58.2 Å². The lowest BCUT2D eigenvalue weighted by atomic mass is 10.1. The van der Waals surface area contributed by atoms with E-state index in [9.17, 15) is 4.79 Å². The van der Waals surface area contributed by atoms with Crippen molar-refractivity contribution < 1.29 is 9.21 Å². The first-order valence-corrected chi connectivity index (χ1v) is 9.71. The molecule has 0 atom stereocenters. The zero-order valence-corrected chi connectivity index (χ0v) is 16.5. The molecule has 1 amide bonds. The van der Waals surface area contributed by atoms with E-state index < -0.39 is 0 Å². The highest BCUT2D eigenvalue weighted by atomic mass is 127. The van der Waals surface area contributed by atoms with E-state index in [1.807, 2.05) is 43.3 Å². The Kier molecular flexibility index (Phi) is 6.09. The van der Waals surface area contributed by atoms with Crippen molar-refractivity contribution in [3.63, 3.8) is 0 Å². The number of aryl methyl sites for hydroxylation is 1. The number of carbonyl (C=O) groups is 1. The van der Waals surface area contributed by atoms with Crippen molar-refractivity contribution in [3.8, 4) is 0 Å². The quantitative estimate of drug-likeness (QED) is 0.434. The average molecular weight is 465 g/mol. The van der Waals surface area contributed by atoms with Crippen molar-refractivity contribution in [2.45, 2.75) is 18.6 Å². The number of rotatable bonds is 6. The van der Waals surface area contributed by atoms with E-state index in [1.165, 1.54) is 17.3 Å². The molecule has 25 heavy (non-hydrogen) atoms. The van der Waals surface area contributed by atoms with E-state index in [0.29, 0.717) is 17.5 Å². The number of benzene rings is 2. The molecule has 0 aliphatic rings. The number of carbonyl (C=O) groups excluding carboxylic acids is 1. The highest BCUT2D eigenvalue weighted by Crippen LogP contribution is 2.19. The fraction of sp³-hybridized carbons (Fsp3) is 0.167. The molecule has 128 valence electrons. The standard InChI is InChI=1S/C18H16IN3O2S/c1-12-5-7-13(8-6-12)9-17-21-22-18(24-17)25-11-16(23)20-15-4-2-3-14(19)10-15/h2-8,10H,9,11H2,1H3,(H,20,23). The number of anilines is 1. The van der Waals surface area contributed by atoms with Gasteiger partial charge in [-0.15, -0.1) is 10.2 Å². The first-order valence-electron chi connectivity index (χ1n) is 7.64. The third-order valence-corrected chi connectivity index (χ3v) is 4.85. The molecule has 1 aromatic heterocycles. The summed E-state index contributed by atoms with van der Waals surface area (Å²) >= 11 is 3.44. The molecule has 0 aliphatic carbocycles. The van der Waals surface area contributed by atoms with Crippen LogP contribution in [0.5, 0.6) is 0 Å². The molecule has 0 bridgehead atoms. The minimum atomic E-state index is -0.106. The molecule has 1 N–H and O–H groups in total. The van der Waals surface area contributed by atoms with Gasteiger partial charge < -0.3 is 9.73 Å². The number of amides is 1. The summed E-state index contributed by atoms with van der Waals surface area (Å²) in [5.41, 5.74) is 3.11. The Balaban J connectivity index is 1.51. The Morgan fingerprint density at radius 3 is 2.76 bits per heavy atom. The van der Waals surface area contributed by atoms with Gasteiger partial charge in [-0.1, -0.05) is 47.7 Å². The van der Waals surface area contributed by atoms with Gasteiger partial charge in [0.05, 0.1) is 12.2 Å². The van der Waals surface area contributed by atoms with E-state index in [4.69, 9.17) is 4.42 Å². The second kappa shape index (κ2) is 8.48. The number of hydrogen-bond acceptors (Lipinski definition) is 5. The number of halogens is 1. The molecular weight excluding hydrogens is 449 g/mol. The summed E-state index contributed by atoms with van der Waals surface area (Å²) in [5.74, 6) is 0.659. The molecule has 7 heteroatoms. The molecule has 0 aliphatic heterocycles. The predicted octanol–water partition coefficient (Wildman–Crippen LogP) is 4.30. The van der Waals surface area contributed by atoms with Crippen LogP contribution in [0.4, 0.5) is 5.69 Å². The van der Waals surface area contributed by atoms with Crippen LogP contribution in [-0.4, -0.2) is 21.9 Å². The van der Waals surface area contributed by atoms with E-state index in [-0.39, 0.29) is 11.7 Å². The lowest BCUT2D eigenvalue weighted by molar-refractivity contribution is -0.113. The van der Waals surface area contributed by atoms with Crippen LogP contribution in [0.3, 0.4) is 0 Å². The highest BCUT2D eigenvalue weighted by Gasteiger charge is 2.10.